The van der Waals surface area contributed by atoms with Crippen molar-refractivity contribution in [1.29, 1.82) is 0 Å². The summed E-state index contributed by atoms with van der Waals surface area (Å²) in [6.45, 7) is 1.49. The molecule has 0 aromatic carbocycles. The normalized spacial score (nSPS) is 10.9. The molecule has 5 heteroatoms. The predicted octanol–water partition coefficient (Wildman–Crippen LogP) is 3.36. The average Bonchev–Trinajstić information content (AvgIpc) is 2.08. The number of halogens is 4. The van der Waals surface area contributed by atoms with Crippen molar-refractivity contribution in [3.8, 4) is 0 Å². The van der Waals surface area contributed by atoms with E-state index in [-0.39, 0.29) is 10.9 Å². The Labute approximate surface area is 82.1 Å². The molecule has 0 atom stereocenters. The molecule has 0 N–H and O–H groups in total. The van der Waals surface area contributed by atoms with Gasteiger partial charge in [-0.2, -0.15) is 4.39 Å². The zero-order valence-corrected chi connectivity index (χ0v) is 8.41. The zero-order valence-electron chi connectivity index (χ0n) is 6.82. The first kappa shape index (κ1) is 10.5. The molecule has 72 valence electrons. The SMILES string of the molecule is Cc1cc(CBr)c(C(F)F)nc1F. The molecule has 0 radical (unpaired) electrons. The van der Waals surface area contributed by atoms with Crippen LogP contribution in [-0.2, 0) is 5.33 Å². The first-order valence-corrected chi connectivity index (χ1v) is 4.68. The Balaban J connectivity index is 3.25. The highest BCUT2D eigenvalue weighted by Crippen LogP contribution is 2.24. The Morgan fingerprint density at radius 3 is 2.62 bits per heavy atom. The lowest BCUT2D eigenvalue weighted by Gasteiger charge is -2.06. The lowest BCUT2D eigenvalue weighted by atomic mass is 10.1. The maximum Gasteiger partial charge on any atom is 0.280 e. The second kappa shape index (κ2) is 4.09. The van der Waals surface area contributed by atoms with Crippen LogP contribution in [0.25, 0.3) is 0 Å². The van der Waals surface area contributed by atoms with Crippen molar-refractivity contribution >= 4 is 15.9 Å². The second-order valence-electron chi connectivity index (χ2n) is 2.57. The van der Waals surface area contributed by atoms with E-state index in [2.05, 4.69) is 20.9 Å². The van der Waals surface area contributed by atoms with Crippen LogP contribution in [0.2, 0.25) is 0 Å². The van der Waals surface area contributed by atoms with Crippen LogP contribution in [0.1, 0.15) is 23.2 Å². The maximum absolute atomic E-state index is 12.8. The van der Waals surface area contributed by atoms with E-state index in [1.807, 2.05) is 0 Å². The molecule has 0 saturated carbocycles. The molecule has 1 aromatic rings. The molecule has 1 aromatic heterocycles. The monoisotopic (exact) mass is 253 g/mol. The molecule has 0 aliphatic rings. The minimum Gasteiger partial charge on any atom is -0.218 e. The van der Waals surface area contributed by atoms with E-state index in [0.717, 1.165) is 0 Å². The van der Waals surface area contributed by atoms with E-state index in [4.69, 9.17) is 0 Å². The molecule has 0 spiro atoms. The minimum atomic E-state index is -2.73. The Kier molecular flexibility index (Phi) is 3.30. The largest absolute Gasteiger partial charge is 0.280 e. The molecule has 1 rings (SSSR count). The third kappa shape index (κ3) is 2.21. The van der Waals surface area contributed by atoms with Crippen LogP contribution in [0.15, 0.2) is 6.07 Å². The van der Waals surface area contributed by atoms with Gasteiger partial charge in [0.25, 0.3) is 6.43 Å². The molecular formula is C8H7BrF3N. The van der Waals surface area contributed by atoms with Crippen LogP contribution < -0.4 is 0 Å². The van der Waals surface area contributed by atoms with Crippen molar-refractivity contribution in [2.75, 3.05) is 0 Å². The van der Waals surface area contributed by atoms with E-state index in [9.17, 15) is 13.2 Å². The molecule has 0 amide bonds. The molecule has 1 heterocycles. The van der Waals surface area contributed by atoms with Gasteiger partial charge in [-0.1, -0.05) is 15.9 Å². The number of rotatable bonds is 2. The van der Waals surface area contributed by atoms with Crippen LogP contribution in [0.4, 0.5) is 13.2 Å². The number of pyridine rings is 1. The van der Waals surface area contributed by atoms with Gasteiger partial charge in [-0.25, -0.2) is 13.8 Å². The molecule has 1 nitrogen and oxygen atoms in total. The molecule has 0 unspecified atom stereocenters. The van der Waals surface area contributed by atoms with Gasteiger partial charge < -0.3 is 0 Å². The van der Waals surface area contributed by atoms with E-state index in [1.54, 1.807) is 0 Å². The summed E-state index contributed by atoms with van der Waals surface area (Å²) in [6, 6.07) is 1.37. The fraction of sp³-hybridized carbons (Fsp3) is 0.375. The van der Waals surface area contributed by atoms with Crippen molar-refractivity contribution in [3.05, 3.63) is 28.8 Å². The van der Waals surface area contributed by atoms with Crippen LogP contribution in [-0.4, -0.2) is 4.98 Å². The van der Waals surface area contributed by atoms with Gasteiger partial charge in [-0.05, 0) is 18.6 Å². The molecule has 13 heavy (non-hydrogen) atoms. The fourth-order valence-electron chi connectivity index (χ4n) is 0.957. The summed E-state index contributed by atoms with van der Waals surface area (Å²) in [5.74, 6) is -0.833. The van der Waals surface area contributed by atoms with E-state index < -0.39 is 18.1 Å². The first-order chi connectivity index (χ1) is 6.06. The van der Waals surface area contributed by atoms with Crippen LogP contribution in [0, 0.1) is 12.9 Å². The summed E-state index contributed by atoms with van der Waals surface area (Å²) >= 11 is 3.04. The highest BCUT2D eigenvalue weighted by molar-refractivity contribution is 9.08. The summed E-state index contributed by atoms with van der Waals surface area (Å²) in [5, 5.41) is 0.251. The lowest BCUT2D eigenvalue weighted by molar-refractivity contribution is 0.143. The molecule has 0 aliphatic carbocycles. The highest BCUT2D eigenvalue weighted by Gasteiger charge is 2.16. The Morgan fingerprint density at radius 2 is 2.15 bits per heavy atom. The Morgan fingerprint density at radius 1 is 1.54 bits per heavy atom. The Bertz CT molecular complexity index is 315. The van der Waals surface area contributed by atoms with Crippen molar-refractivity contribution in [2.24, 2.45) is 0 Å². The maximum atomic E-state index is 12.8. The summed E-state index contributed by atoms with van der Waals surface area (Å²) < 4.78 is 37.3. The number of aryl methyl sites for hydroxylation is 1. The van der Waals surface area contributed by atoms with Gasteiger partial charge in [-0.15, -0.1) is 0 Å². The van der Waals surface area contributed by atoms with Gasteiger partial charge >= 0.3 is 0 Å². The average molecular weight is 254 g/mol. The smallest absolute Gasteiger partial charge is 0.218 e. The number of nitrogens with zero attached hydrogens (tertiary/aromatic N) is 1. The molecule has 0 saturated heterocycles. The van der Waals surface area contributed by atoms with E-state index >= 15 is 0 Å². The Hall–Kier alpha value is -0.580. The van der Waals surface area contributed by atoms with Crippen molar-refractivity contribution in [2.45, 2.75) is 18.7 Å². The quantitative estimate of drug-likeness (QED) is 0.582. The van der Waals surface area contributed by atoms with E-state index in [0.29, 0.717) is 5.56 Å². The fourth-order valence-corrected chi connectivity index (χ4v) is 1.41. The number of hydrogen-bond donors (Lipinski definition) is 0. The summed E-state index contributed by atoms with van der Waals surface area (Å²) in [6.07, 6.45) is -2.73. The summed E-state index contributed by atoms with van der Waals surface area (Å²) in [7, 11) is 0. The first-order valence-electron chi connectivity index (χ1n) is 3.56. The molecule has 0 aliphatic heterocycles. The number of alkyl halides is 3. The highest BCUT2D eigenvalue weighted by atomic mass is 79.9. The lowest BCUT2D eigenvalue weighted by Crippen LogP contribution is -2.01. The van der Waals surface area contributed by atoms with Gasteiger partial charge in [0.05, 0.1) is 0 Å². The minimum absolute atomic E-state index is 0.251. The van der Waals surface area contributed by atoms with Gasteiger partial charge in [0.1, 0.15) is 5.69 Å². The van der Waals surface area contributed by atoms with Crippen LogP contribution >= 0.6 is 15.9 Å². The predicted molar refractivity (Wildman–Crippen MR) is 46.5 cm³/mol. The molecule has 0 fully saturated rings. The van der Waals surface area contributed by atoms with Crippen molar-refractivity contribution < 1.29 is 13.2 Å². The molecule has 0 bridgehead atoms. The number of hydrogen-bond acceptors (Lipinski definition) is 1. The standard InChI is InChI=1S/C8H7BrF3N/c1-4-2-5(3-9)6(7(10)11)13-8(4)12/h2,7H,3H2,1H3. The van der Waals surface area contributed by atoms with E-state index in [1.165, 1.54) is 13.0 Å². The van der Waals surface area contributed by atoms with Crippen molar-refractivity contribution in [3.63, 3.8) is 0 Å². The van der Waals surface area contributed by atoms with Gasteiger partial charge in [0.2, 0.25) is 5.95 Å². The van der Waals surface area contributed by atoms with Gasteiger partial charge in [-0.3, -0.25) is 0 Å². The van der Waals surface area contributed by atoms with Gasteiger partial charge in [0, 0.05) is 10.9 Å². The number of aromatic nitrogens is 1. The third-order valence-corrected chi connectivity index (χ3v) is 2.22. The van der Waals surface area contributed by atoms with Crippen LogP contribution in [0.5, 0.6) is 0 Å². The summed E-state index contributed by atoms with van der Waals surface area (Å²) in [5.41, 5.74) is 0.118. The topological polar surface area (TPSA) is 12.9 Å². The third-order valence-electron chi connectivity index (χ3n) is 1.61. The second-order valence-corrected chi connectivity index (χ2v) is 3.14. The zero-order chi connectivity index (χ0) is 10.0. The van der Waals surface area contributed by atoms with Gasteiger partial charge in [0.15, 0.2) is 0 Å². The van der Waals surface area contributed by atoms with Crippen molar-refractivity contribution in [1.82, 2.24) is 4.98 Å². The molecular weight excluding hydrogens is 247 g/mol. The van der Waals surface area contributed by atoms with Crippen LogP contribution in [0.3, 0.4) is 0 Å². The summed E-state index contributed by atoms with van der Waals surface area (Å²) in [4.78, 5) is 3.20.